The van der Waals surface area contributed by atoms with Crippen LogP contribution in [-0.4, -0.2) is 34.1 Å². The zero-order valence-electron chi connectivity index (χ0n) is 11.8. The lowest BCUT2D eigenvalue weighted by atomic mass is 10.1. The van der Waals surface area contributed by atoms with Crippen LogP contribution < -0.4 is 5.32 Å². The summed E-state index contributed by atoms with van der Waals surface area (Å²) in [7, 11) is 0. The van der Waals surface area contributed by atoms with Gasteiger partial charge in [0, 0.05) is 6.42 Å². The van der Waals surface area contributed by atoms with Crippen LogP contribution in [0.15, 0.2) is 12.2 Å². The van der Waals surface area contributed by atoms with E-state index in [0.717, 1.165) is 32.1 Å². The fourth-order valence-electron chi connectivity index (χ4n) is 1.62. The second-order valence-corrected chi connectivity index (χ2v) is 4.58. The molecule has 0 aromatic heterocycles. The van der Waals surface area contributed by atoms with Crippen molar-refractivity contribution in [2.45, 2.75) is 57.9 Å². The van der Waals surface area contributed by atoms with Gasteiger partial charge in [0.1, 0.15) is 6.04 Å². The van der Waals surface area contributed by atoms with E-state index in [1.54, 1.807) is 6.08 Å². The number of rotatable bonds is 11. The van der Waals surface area contributed by atoms with Crippen LogP contribution in [0.1, 0.15) is 51.9 Å². The normalized spacial score (nSPS) is 12.2. The van der Waals surface area contributed by atoms with Crippen molar-refractivity contribution in [2.75, 3.05) is 0 Å². The molecule has 0 saturated heterocycles. The van der Waals surface area contributed by atoms with E-state index in [9.17, 15) is 14.4 Å². The maximum Gasteiger partial charge on any atom is 0.326 e. The van der Waals surface area contributed by atoms with E-state index in [-0.39, 0.29) is 12.8 Å². The number of carboxylic acids is 2. The summed E-state index contributed by atoms with van der Waals surface area (Å²) in [6.07, 6.45) is 7.80. The predicted molar refractivity (Wildman–Crippen MR) is 74.3 cm³/mol. The maximum absolute atomic E-state index is 11.5. The molecule has 0 bridgehead atoms. The molecule has 0 aliphatic rings. The van der Waals surface area contributed by atoms with Gasteiger partial charge >= 0.3 is 11.9 Å². The first kappa shape index (κ1) is 18.1. The van der Waals surface area contributed by atoms with Crippen molar-refractivity contribution < 1.29 is 24.6 Å². The second kappa shape index (κ2) is 11.0. The molecular formula is C14H23NO5. The monoisotopic (exact) mass is 285 g/mol. The van der Waals surface area contributed by atoms with Gasteiger partial charge in [-0.3, -0.25) is 9.59 Å². The number of carbonyl (C=O) groups excluding carboxylic acids is 1. The third kappa shape index (κ3) is 10.1. The van der Waals surface area contributed by atoms with E-state index in [1.807, 2.05) is 0 Å². The lowest BCUT2D eigenvalue weighted by molar-refractivity contribution is -0.142. The van der Waals surface area contributed by atoms with Crippen molar-refractivity contribution in [3.05, 3.63) is 12.2 Å². The van der Waals surface area contributed by atoms with Gasteiger partial charge in [0.25, 0.3) is 0 Å². The Balaban J connectivity index is 4.03. The predicted octanol–water partition coefficient (Wildman–Crippen LogP) is 1.95. The number of unbranched alkanes of at least 4 members (excludes halogenated alkanes) is 4. The van der Waals surface area contributed by atoms with E-state index >= 15 is 0 Å². The molecule has 3 N–H and O–H groups in total. The number of nitrogens with one attached hydrogen (secondary N) is 1. The van der Waals surface area contributed by atoms with Crippen molar-refractivity contribution >= 4 is 17.8 Å². The van der Waals surface area contributed by atoms with Crippen molar-refractivity contribution in [1.29, 1.82) is 0 Å². The number of carboxylic acid groups (broad SMARTS) is 2. The summed E-state index contributed by atoms with van der Waals surface area (Å²) in [4.78, 5) is 32.7. The number of allylic oxidation sites excluding steroid dienone is 1. The Morgan fingerprint density at radius 3 is 2.40 bits per heavy atom. The number of amides is 1. The Bertz CT molecular complexity index is 351. The Morgan fingerprint density at radius 1 is 1.15 bits per heavy atom. The molecule has 0 aliphatic carbocycles. The number of hydrogen-bond acceptors (Lipinski definition) is 3. The van der Waals surface area contributed by atoms with E-state index in [0.29, 0.717) is 0 Å². The molecule has 0 rings (SSSR count). The minimum Gasteiger partial charge on any atom is -0.481 e. The van der Waals surface area contributed by atoms with E-state index in [1.165, 1.54) is 6.08 Å². The van der Waals surface area contributed by atoms with Crippen LogP contribution in [0.3, 0.4) is 0 Å². The van der Waals surface area contributed by atoms with Gasteiger partial charge in [-0.1, -0.05) is 32.3 Å². The molecule has 0 aliphatic heterocycles. The summed E-state index contributed by atoms with van der Waals surface area (Å²) in [6, 6.07) is -1.16. The summed E-state index contributed by atoms with van der Waals surface area (Å²) in [6.45, 7) is 2.12. The molecule has 114 valence electrons. The molecule has 6 heteroatoms. The van der Waals surface area contributed by atoms with Crippen molar-refractivity contribution in [3.8, 4) is 0 Å². The summed E-state index contributed by atoms with van der Waals surface area (Å²) in [5, 5.41) is 19.7. The highest BCUT2D eigenvalue weighted by molar-refractivity contribution is 5.91. The highest BCUT2D eigenvalue weighted by atomic mass is 16.4. The third-order valence-electron chi connectivity index (χ3n) is 2.76. The smallest absolute Gasteiger partial charge is 0.326 e. The van der Waals surface area contributed by atoms with E-state index in [2.05, 4.69) is 12.2 Å². The van der Waals surface area contributed by atoms with Crippen molar-refractivity contribution in [1.82, 2.24) is 5.32 Å². The molecule has 0 heterocycles. The number of aliphatic carboxylic acids is 2. The van der Waals surface area contributed by atoms with Gasteiger partial charge in [0.2, 0.25) is 5.91 Å². The molecule has 0 saturated carbocycles. The van der Waals surface area contributed by atoms with Crippen LogP contribution in [0.25, 0.3) is 0 Å². The Morgan fingerprint density at radius 2 is 1.85 bits per heavy atom. The van der Waals surface area contributed by atoms with Crippen molar-refractivity contribution in [2.24, 2.45) is 0 Å². The topological polar surface area (TPSA) is 104 Å². The van der Waals surface area contributed by atoms with Crippen molar-refractivity contribution in [3.63, 3.8) is 0 Å². The zero-order chi connectivity index (χ0) is 15.4. The van der Waals surface area contributed by atoms with Crippen LogP contribution >= 0.6 is 0 Å². The minimum atomic E-state index is -1.23. The molecule has 0 aromatic carbocycles. The summed E-state index contributed by atoms with van der Waals surface area (Å²) < 4.78 is 0. The molecule has 0 fully saturated rings. The van der Waals surface area contributed by atoms with Gasteiger partial charge in [0.05, 0.1) is 0 Å². The Labute approximate surface area is 118 Å². The van der Waals surface area contributed by atoms with Gasteiger partial charge in [-0.25, -0.2) is 4.79 Å². The lowest BCUT2D eigenvalue weighted by Crippen LogP contribution is -2.40. The maximum atomic E-state index is 11.5. The van der Waals surface area contributed by atoms with Gasteiger partial charge in [-0.2, -0.15) is 0 Å². The molecule has 20 heavy (non-hydrogen) atoms. The number of hydrogen-bond donors (Lipinski definition) is 3. The highest BCUT2D eigenvalue weighted by Crippen LogP contribution is 2.03. The Kier molecular flexibility index (Phi) is 10.00. The molecule has 0 aromatic rings. The first-order valence-electron chi connectivity index (χ1n) is 6.89. The molecule has 6 nitrogen and oxygen atoms in total. The van der Waals surface area contributed by atoms with Crippen LogP contribution in [0.4, 0.5) is 0 Å². The molecule has 1 amide bonds. The highest BCUT2D eigenvalue weighted by Gasteiger charge is 2.19. The van der Waals surface area contributed by atoms with Gasteiger partial charge < -0.3 is 15.5 Å². The molecule has 0 spiro atoms. The Hall–Kier alpha value is -1.85. The quantitative estimate of drug-likeness (QED) is 0.397. The average Bonchev–Trinajstić information content (AvgIpc) is 2.38. The first-order chi connectivity index (χ1) is 9.47. The van der Waals surface area contributed by atoms with Crippen LogP contribution in [-0.2, 0) is 14.4 Å². The van der Waals surface area contributed by atoms with Gasteiger partial charge in [-0.15, -0.1) is 0 Å². The summed E-state index contributed by atoms with van der Waals surface area (Å²) >= 11 is 0. The van der Waals surface area contributed by atoms with E-state index < -0.39 is 23.9 Å². The summed E-state index contributed by atoms with van der Waals surface area (Å²) in [5.74, 6) is -2.81. The fourth-order valence-corrected chi connectivity index (χ4v) is 1.62. The molecular weight excluding hydrogens is 262 g/mol. The third-order valence-corrected chi connectivity index (χ3v) is 2.76. The SMILES string of the molecule is CCCCCCC=CC(=O)N[C@@H](CCC(=O)O)C(=O)O. The first-order valence-corrected chi connectivity index (χ1v) is 6.89. The van der Waals surface area contributed by atoms with Gasteiger partial charge in [-0.05, 0) is 25.3 Å². The largest absolute Gasteiger partial charge is 0.481 e. The molecule has 0 radical (unpaired) electrons. The lowest BCUT2D eigenvalue weighted by Gasteiger charge is -2.11. The minimum absolute atomic E-state index is 0.124. The zero-order valence-corrected chi connectivity index (χ0v) is 11.8. The molecule has 1 atom stereocenters. The van der Waals surface area contributed by atoms with Gasteiger partial charge in [0.15, 0.2) is 0 Å². The van der Waals surface area contributed by atoms with E-state index in [4.69, 9.17) is 10.2 Å². The standard InChI is InChI=1S/C14H23NO5/c1-2-3-4-5-6-7-8-12(16)15-11(14(19)20)9-10-13(17)18/h7-8,11H,2-6,9-10H2,1H3,(H,15,16)(H,17,18)(H,19,20)/t11-/m0/s1. The molecule has 0 unspecified atom stereocenters. The fraction of sp³-hybridized carbons (Fsp3) is 0.643. The second-order valence-electron chi connectivity index (χ2n) is 4.58. The van der Waals surface area contributed by atoms with Crippen LogP contribution in [0.5, 0.6) is 0 Å². The van der Waals surface area contributed by atoms with Crippen LogP contribution in [0.2, 0.25) is 0 Å². The average molecular weight is 285 g/mol. The number of carbonyl (C=O) groups is 3. The van der Waals surface area contributed by atoms with Crippen LogP contribution in [0, 0.1) is 0 Å². The summed E-state index contributed by atoms with van der Waals surface area (Å²) in [5.41, 5.74) is 0.